The molecular formula is C34H44N2O3. The molecule has 0 spiro atoms. The molecule has 0 radical (unpaired) electrons. The van der Waals surface area contributed by atoms with Gasteiger partial charge in [-0.2, -0.15) is 0 Å². The molecule has 0 aromatic heterocycles. The van der Waals surface area contributed by atoms with Crippen molar-refractivity contribution < 1.29 is 14.3 Å². The van der Waals surface area contributed by atoms with Crippen LogP contribution in [-0.4, -0.2) is 25.0 Å². The van der Waals surface area contributed by atoms with Crippen molar-refractivity contribution in [2.45, 2.75) is 70.3 Å². The van der Waals surface area contributed by atoms with Crippen LogP contribution in [0.25, 0.3) is 11.8 Å². The maximum atomic E-state index is 13.6. The summed E-state index contributed by atoms with van der Waals surface area (Å²) in [6.45, 7) is 3.84. The van der Waals surface area contributed by atoms with Crippen LogP contribution in [0, 0.1) is 23.7 Å². The number of esters is 1. The largest absolute Gasteiger partial charge is 0.469 e. The SMILES string of the molecule is C=C(N)c1cccc(CC(C(=O)OC)C(/C=C/c2ccccc2)NC(=O)C2CCC(C3CCCCC3)CC2)c1. The number of methoxy groups -OCH3 is 1. The molecule has 2 aliphatic rings. The molecule has 0 saturated heterocycles. The Morgan fingerprint density at radius 2 is 1.67 bits per heavy atom. The smallest absolute Gasteiger partial charge is 0.311 e. The molecule has 208 valence electrons. The van der Waals surface area contributed by atoms with E-state index in [1.54, 1.807) is 0 Å². The monoisotopic (exact) mass is 528 g/mol. The Hall–Kier alpha value is -3.34. The number of rotatable bonds is 10. The minimum atomic E-state index is -0.584. The number of hydrogen-bond acceptors (Lipinski definition) is 4. The summed E-state index contributed by atoms with van der Waals surface area (Å²) in [6, 6.07) is 17.1. The van der Waals surface area contributed by atoms with Gasteiger partial charge in [0.2, 0.25) is 5.91 Å². The molecule has 2 aromatic carbocycles. The third-order valence-corrected chi connectivity index (χ3v) is 8.75. The van der Waals surface area contributed by atoms with Crippen LogP contribution in [0.4, 0.5) is 0 Å². The van der Waals surface area contributed by atoms with Crippen LogP contribution in [0.2, 0.25) is 0 Å². The van der Waals surface area contributed by atoms with Gasteiger partial charge < -0.3 is 15.8 Å². The van der Waals surface area contributed by atoms with E-state index in [0.717, 1.165) is 54.2 Å². The van der Waals surface area contributed by atoms with Gasteiger partial charge in [0, 0.05) is 11.6 Å². The molecule has 0 heterocycles. The fourth-order valence-corrected chi connectivity index (χ4v) is 6.46. The average molecular weight is 529 g/mol. The van der Waals surface area contributed by atoms with E-state index in [-0.39, 0.29) is 17.8 Å². The molecule has 2 fully saturated rings. The molecule has 4 rings (SSSR count). The summed E-state index contributed by atoms with van der Waals surface area (Å²) >= 11 is 0. The van der Waals surface area contributed by atoms with Gasteiger partial charge in [0.05, 0.1) is 19.1 Å². The van der Waals surface area contributed by atoms with Gasteiger partial charge >= 0.3 is 5.97 Å². The second-order valence-corrected chi connectivity index (χ2v) is 11.4. The van der Waals surface area contributed by atoms with E-state index in [0.29, 0.717) is 12.1 Å². The zero-order valence-corrected chi connectivity index (χ0v) is 23.3. The van der Waals surface area contributed by atoms with Gasteiger partial charge in [0.15, 0.2) is 0 Å². The third-order valence-electron chi connectivity index (χ3n) is 8.75. The van der Waals surface area contributed by atoms with Crippen LogP contribution in [-0.2, 0) is 20.7 Å². The highest BCUT2D eigenvalue weighted by Crippen LogP contribution is 2.40. The van der Waals surface area contributed by atoms with Crippen molar-refractivity contribution >= 4 is 23.6 Å². The Labute approximate surface area is 233 Å². The van der Waals surface area contributed by atoms with Crippen molar-refractivity contribution in [3.8, 4) is 0 Å². The Morgan fingerprint density at radius 3 is 2.33 bits per heavy atom. The molecule has 1 amide bonds. The summed E-state index contributed by atoms with van der Waals surface area (Å²) < 4.78 is 5.24. The number of nitrogens with two attached hydrogens (primary N) is 1. The van der Waals surface area contributed by atoms with E-state index in [1.165, 1.54) is 39.2 Å². The first-order valence-electron chi connectivity index (χ1n) is 14.6. The second-order valence-electron chi connectivity index (χ2n) is 11.4. The van der Waals surface area contributed by atoms with Gasteiger partial charge in [-0.05, 0) is 66.7 Å². The Morgan fingerprint density at radius 1 is 0.974 bits per heavy atom. The molecule has 0 bridgehead atoms. The third kappa shape index (κ3) is 8.08. The lowest BCUT2D eigenvalue weighted by Crippen LogP contribution is -2.46. The number of carbonyl (C=O) groups excluding carboxylic acids is 2. The van der Waals surface area contributed by atoms with E-state index >= 15 is 0 Å². The van der Waals surface area contributed by atoms with Crippen LogP contribution in [0.3, 0.4) is 0 Å². The lowest BCUT2D eigenvalue weighted by Gasteiger charge is -2.36. The molecule has 39 heavy (non-hydrogen) atoms. The van der Waals surface area contributed by atoms with Gasteiger partial charge in [0.1, 0.15) is 0 Å². The minimum absolute atomic E-state index is 0.0142. The standard InChI is InChI=1S/C34H44N2O3/c1-24(35)30-15-9-12-26(22-30)23-31(34(38)39-2)32(21-16-25-10-5-3-6-11-25)36-33(37)29-19-17-28(18-20-29)27-13-7-4-8-14-27/h3,5-6,9-12,15-16,21-22,27-29,31-32H,1,4,7-8,13-14,17-20,23,35H2,2H3,(H,36,37)/b21-16+. The van der Waals surface area contributed by atoms with Crippen molar-refractivity contribution in [2.24, 2.45) is 29.4 Å². The molecule has 2 atom stereocenters. The van der Waals surface area contributed by atoms with Gasteiger partial charge in [-0.3, -0.25) is 9.59 Å². The van der Waals surface area contributed by atoms with E-state index in [2.05, 4.69) is 11.9 Å². The maximum absolute atomic E-state index is 13.6. The van der Waals surface area contributed by atoms with E-state index in [9.17, 15) is 9.59 Å². The lowest BCUT2D eigenvalue weighted by atomic mass is 9.71. The molecule has 5 nitrogen and oxygen atoms in total. The molecule has 5 heteroatoms. The van der Waals surface area contributed by atoms with E-state index < -0.39 is 12.0 Å². The summed E-state index contributed by atoms with van der Waals surface area (Å²) in [5.74, 6) is 0.691. The Balaban J connectivity index is 1.51. The van der Waals surface area contributed by atoms with Crippen LogP contribution in [0.15, 0.2) is 67.3 Å². The Kier molecular flexibility index (Phi) is 10.4. The van der Waals surface area contributed by atoms with Crippen LogP contribution in [0.5, 0.6) is 0 Å². The second kappa shape index (κ2) is 14.2. The fraction of sp³-hybridized carbons (Fsp3) is 0.471. The van der Waals surface area contributed by atoms with Gasteiger partial charge in [-0.1, -0.05) is 99.4 Å². The minimum Gasteiger partial charge on any atom is -0.469 e. The highest BCUT2D eigenvalue weighted by atomic mass is 16.5. The maximum Gasteiger partial charge on any atom is 0.311 e. The average Bonchev–Trinajstić information content (AvgIpc) is 2.99. The number of ether oxygens (including phenoxy) is 1. The quantitative estimate of drug-likeness (QED) is 0.344. The molecular weight excluding hydrogens is 484 g/mol. The lowest BCUT2D eigenvalue weighted by molar-refractivity contribution is -0.146. The first kappa shape index (κ1) is 28.7. The fourth-order valence-electron chi connectivity index (χ4n) is 6.46. The highest BCUT2D eigenvalue weighted by molar-refractivity contribution is 5.81. The number of nitrogens with one attached hydrogen (secondary N) is 1. The van der Waals surface area contributed by atoms with E-state index in [1.807, 2.05) is 66.7 Å². The molecule has 0 aliphatic heterocycles. The number of amides is 1. The van der Waals surface area contributed by atoms with Crippen molar-refractivity contribution in [1.29, 1.82) is 0 Å². The van der Waals surface area contributed by atoms with Crippen molar-refractivity contribution in [2.75, 3.05) is 7.11 Å². The molecule has 2 aromatic rings. The zero-order chi connectivity index (χ0) is 27.6. The number of carbonyl (C=O) groups is 2. The van der Waals surface area contributed by atoms with Crippen molar-refractivity contribution in [3.05, 3.63) is 83.9 Å². The summed E-state index contributed by atoms with van der Waals surface area (Å²) in [5, 5.41) is 3.26. The van der Waals surface area contributed by atoms with Crippen molar-refractivity contribution in [3.63, 3.8) is 0 Å². The topological polar surface area (TPSA) is 81.4 Å². The van der Waals surface area contributed by atoms with Gasteiger partial charge in [-0.15, -0.1) is 0 Å². The van der Waals surface area contributed by atoms with Crippen molar-refractivity contribution in [1.82, 2.24) is 5.32 Å². The molecule has 2 saturated carbocycles. The summed E-state index contributed by atoms with van der Waals surface area (Å²) in [5.41, 5.74) is 9.17. The van der Waals surface area contributed by atoms with Gasteiger partial charge in [-0.25, -0.2) is 0 Å². The first-order chi connectivity index (χ1) is 18.9. The number of benzene rings is 2. The Bertz CT molecular complexity index is 1130. The highest BCUT2D eigenvalue weighted by Gasteiger charge is 2.34. The molecule has 3 N–H and O–H groups in total. The predicted octanol–water partition coefficient (Wildman–Crippen LogP) is 6.53. The molecule has 2 aliphatic carbocycles. The zero-order valence-electron chi connectivity index (χ0n) is 23.3. The van der Waals surface area contributed by atoms with Gasteiger partial charge in [0.25, 0.3) is 0 Å². The van der Waals surface area contributed by atoms with Crippen LogP contribution < -0.4 is 11.1 Å². The first-order valence-corrected chi connectivity index (χ1v) is 14.6. The van der Waals surface area contributed by atoms with Crippen LogP contribution in [0.1, 0.15) is 74.5 Å². The predicted molar refractivity (Wildman–Crippen MR) is 158 cm³/mol. The summed E-state index contributed by atoms with van der Waals surface area (Å²) in [6.07, 6.45) is 15.2. The summed E-state index contributed by atoms with van der Waals surface area (Å²) in [7, 11) is 1.40. The molecule has 2 unspecified atom stereocenters. The summed E-state index contributed by atoms with van der Waals surface area (Å²) in [4.78, 5) is 26.7. The normalized spacial score (nSPS) is 21.7. The van der Waals surface area contributed by atoms with E-state index in [4.69, 9.17) is 10.5 Å². The van der Waals surface area contributed by atoms with Crippen LogP contribution >= 0.6 is 0 Å². The number of hydrogen-bond donors (Lipinski definition) is 2.